The fourth-order valence-electron chi connectivity index (χ4n) is 1.72. The molecule has 0 unspecified atom stereocenters. The van der Waals surface area contributed by atoms with Gasteiger partial charge in [-0.15, -0.1) is 0 Å². The van der Waals surface area contributed by atoms with Crippen LogP contribution in [0.1, 0.15) is 25.8 Å². The molecule has 0 saturated carbocycles. The molecule has 6 nitrogen and oxygen atoms in total. The normalized spacial score (nSPS) is 11.6. The summed E-state index contributed by atoms with van der Waals surface area (Å²) >= 11 is 0. The van der Waals surface area contributed by atoms with Crippen LogP contribution in [0.3, 0.4) is 0 Å². The van der Waals surface area contributed by atoms with E-state index in [2.05, 4.69) is 10.0 Å². The second kappa shape index (κ2) is 8.11. The highest BCUT2D eigenvalue weighted by Crippen LogP contribution is 2.14. The summed E-state index contributed by atoms with van der Waals surface area (Å²) < 4.78 is 26.7. The SMILES string of the molecule is CC(C)CNC(=O)CCNS(=O)(=O)c1ccccc1CN. The van der Waals surface area contributed by atoms with E-state index in [1.165, 1.54) is 6.07 Å². The van der Waals surface area contributed by atoms with E-state index >= 15 is 0 Å². The van der Waals surface area contributed by atoms with Gasteiger partial charge >= 0.3 is 0 Å². The lowest BCUT2D eigenvalue weighted by Gasteiger charge is -2.11. The highest BCUT2D eigenvalue weighted by Gasteiger charge is 2.17. The Bertz CT molecular complexity index is 571. The molecule has 1 amide bonds. The van der Waals surface area contributed by atoms with Crippen LogP contribution in [0.4, 0.5) is 0 Å². The second-order valence-electron chi connectivity index (χ2n) is 5.16. The maximum absolute atomic E-state index is 12.2. The molecule has 0 radical (unpaired) electrons. The molecular weight excluding hydrogens is 290 g/mol. The summed E-state index contributed by atoms with van der Waals surface area (Å²) in [6.07, 6.45) is 0.108. The fraction of sp³-hybridized carbons (Fsp3) is 0.500. The smallest absolute Gasteiger partial charge is 0.240 e. The van der Waals surface area contributed by atoms with Crippen LogP contribution < -0.4 is 15.8 Å². The number of carbonyl (C=O) groups excluding carboxylic acids is 1. The largest absolute Gasteiger partial charge is 0.356 e. The number of sulfonamides is 1. The Balaban J connectivity index is 2.56. The number of hydrogen-bond donors (Lipinski definition) is 3. The molecule has 7 heteroatoms. The third kappa shape index (κ3) is 5.82. The van der Waals surface area contributed by atoms with E-state index in [9.17, 15) is 13.2 Å². The number of nitrogens with one attached hydrogen (secondary N) is 2. The Kier molecular flexibility index (Phi) is 6.80. The number of amides is 1. The summed E-state index contributed by atoms with van der Waals surface area (Å²) in [5, 5.41) is 2.74. The van der Waals surface area contributed by atoms with Crippen LogP contribution in [0.5, 0.6) is 0 Å². The van der Waals surface area contributed by atoms with Crippen LogP contribution >= 0.6 is 0 Å². The van der Waals surface area contributed by atoms with Crippen LogP contribution in [0.2, 0.25) is 0 Å². The van der Waals surface area contributed by atoms with Crippen molar-refractivity contribution >= 4 is 15.9 Å². The van der Waals surface area contributed by atoms with Crippen LogP contribution in [-0.2, 0) is 21.4 Å². The quantitative estimate of drug-likeness (QED) is 0.653. The molecule has 0 aromatic heterocycles. The number of carbonyl (C=O) groups is 1. The monoisotopic (exact) mass is 313 g/mol. The van der Waals surface area contributed by atoms with Gasteiger partial charge in [0.2, 0.25) is 15.9 Å². The van der Waals surface area contributed by atoms with Crippen LogP contribution in [0.25, 0.3) is 0 Å². The zero-order chi connectivity index (χ0) is 15.9. The van der Waals surface area contributed by atoms with E-state index < -0.39 is 10.0 Å². The van der Waals surface area contributed by atoms with Crippen molar-refractivity contribution in [3.05, 3.63) is 29.8 Å². The maximum Gasteiger partial charge on any atom is 0.240 e. The van der Waals surface area contributed by atoms with Gasteiger partial charge in [-0.3, -0.25) is 4.79 Å². The Morgan fingerprint density at radius 2 is 1.95 bits per heavy atom. The first-order chi connectivity index (χ1) is 9.86. The van der Waals surface area contributed by atoms with Gasteiger partial charge < -0.3 is 11.1 Å². The van der Waals surface area contributed by atoms with E-state index in [0.29, 0.717) is 18.0 Å². The van der Waals surface area contributed by atoms with Gasteiger partial charge in [0, 0.05) is 26.1 Å². The zero-order valence-corrected chi connectivity index (χ0v) is 13.2. The molecule has 0 aliphatic carbocycles. The van der Waals surface area contributed by atoms with Gasteiger partial charge in [-0.25, -0.2) is 13.1 Å². The third-order valence-electron chi connectivity index (χ3n) is 2.83. The number of nitrogens with two attached hydrogens (primary N) is 1. The minimum atomic E-state index is -3.64. The summed E-state index contributed by atoms with van der Waals surface area (Å²) in [7, 11) is -3.64. The minimum Gasteiger partial charge on any atom is -0.356 e. The molecule has 4 N–H and O–H groups in total. The van der Waals surface area contributed by atoms with E-state index in [4.69, 9.17) is 5.73 Å². The summed E-state index contributed by atoms with van der Waals surface area (Å²) in [5.74, 6) is 0.195. The molecule has 0 fully saturated rings. The van der Waals surface area contributed by atoms with Gasteiger partial charge in [-0.1, -0.05) is 32.0 Å². The van der Waals surface area contributed by atoms with E-state index in [1.54, 1.807) is 18.2 Å². The zero-order valence-electron chi connectivity index (χ0n) is 12.4. The van der Waals surface area contributed by atoms with Crippen molar-refractivity contribution in [2.75, 3.05) is 13.1 Å². The second-order valence-corrected chi connectivity index (χ2v) is 6.89. The lowest BCUT2D eigenvalue weighted by molar-refractivity contribution is -0.121. The predicted octanol–water partition coefficient (Wildman–Crippen LogP) is 0.586. The molecular formula is C14H23N3O3S. The standard InChI is InChI=1S/C14H23N3O3S/c1-11(2)10-16-14(18)7-8-17-21(19,20)13-6-4-3-5-12(13)9-15/h3-6,11,17H,7-10,15H2,1-2H3,(H,16,18). The van der Waals surface area contributed by atoms with E-state index in [-0.39, 0.29) is 30.3 Å². The molecule has 0 saturated heterocycles. The van der Waals surface area contributed by atoms with Crippen molar-refractivity contribution in [3.8, 4) is 0 Å². The van der Waals surface area contributed by atoms with Gasteiger partial charge in [-0.05, 0) is 17.5 Å². The first-order valence-electron chi connectivity index (χ1n) is 6.91. The Hall–Kier alpha value is -1.44. The molecule has 0 aliphatic heterocycles. The summed E-state index contributed by atoms with van der Waals surface area (Å²) in [6, 6.07) is 6.55. The Labute approximate surface area is 126 Å². The molecule has 0 heterocycles. The van der Waals surface area contributed by atoms with Crippen molar-refractivity contribution in [1.29, 1.82) is 0 Å². The van der Waals surface area contributed by atoms with Gasteiger partial charge in [-0.2, -0.15) is 0 Å². The van der Waals surface area contributed by atoms with Crippen molar-refractivity contribution < 1.29 is 13.2 Å². The van der Waals surface area contributed by atoms with Gasteiger partial charge in [0.05, 0.1) is 4.90 Å². The minimum absolute atomic E-state index is 0.0607. The summed E-state index contributed by atoms with van der Waals surface area (Å²) in [5.41, 5.74) is 6.09. The average Bonchev–Trinajstić information content (AvgIpc) is 2.44. The average molecular weight is 313 g/mol. The number of rotatable bonds is 8. The molecule has 1 rings (SSSR count). The number of hydrogen-bond acceptors (Lipinski definition) is 4. The van der Waals surface area contributed by atoms with E-state index in [1.807, 2.05) is 13.8 Å². The molecule has 0 atom stereocenters. The van der Waals surface area contributed by atoms with Crippen LogP contribution in [-0.4, -0.2) is 27.4 Å². The van der Waals surface area contributed by atoms with Gasteiger partial charge in [0.25, 0.3) is 0 Å². The lowest BCUT2D eigenvalue weighted by Crippen LogP contribution is -2.32. The molecule has 118 valence electrons. The van der Waals surface area contributed by atoms with Crippen molar-refractivity contribution in [2.24, 2.45) is 11.7 Å². The highest BCUT2D eigenvalue weighted by molar-refractivity contribution is 7.89. The van der Waals surface area contributed by atoms with Crippen molar-refractivity contribution in [1.82, 2.24) is 10.0 Å². The Morgan fingerprint density at radius 3 is 2.57 bits per heavy atom. The molecule has 1 aromatic carbocycles. The first kappa shape index (κ1) is 17.6. The molecule has 21 heavy (non-hydrogen) atoms. The van der Waals surface area contributed by atoms with E-state index in [0.717, 1.165) is 0 Å². The molecule has 0 aliphatic rings. The Morgan fingerprint density at radius 1 is 1.29 bits per heavy atom. The third-order valence-corrected chi connectivity index (χ3v) is 4.40. The predicted molar refractivity (Wildman–Crippen MR) is 82.0 cm³/mol. The summed E-state index contributed by atoms with van der Waals surface area (Å²) in [4.78, 5) is 11.7. The highest BCUT2D eigenvalue weighted by atomic mass is 32.2. The fourth-order valence-corrected chi connectivity index (χ4v) is 3.00. The molecule has 0 bridgehead atoms. The van der Waals surface area contributed by atoms with Crippen LogP contribution in [0, 0.1) is 5.92 Å². The molecule has 1 aromatic rings. The van der Waals surface area contributed by atoms with Crippen molar-refractivity contribution in [3.63, 3.8) is 0 Å². The topological polar surface area (TPSA) is 101 Å². The van der Waals surface area contributed by atoms with Gasteiger partial charge in [0.1, 0.15) is 0 Å². The lowest BCUT2D eigenvalue weighted by atomic mass is 10.2. The molecule has 0 spiro atoms. The first-order valence-corrected chi connectivity index (χ1v) is 8.39. The van der Waals surface area contributed by atoms with Gasteiger partial charge in [0.15, 0.2) is 0 Å². The summed E-state index contributed by atoms with van der Waals surface area (Å²) in [6.45, 7) is 4.78. The maximum atomic E-state index is 12.2. The van der Waals surface area contributed by atoms with Crippen molar-refractivity contribution in [2.45, 2.75) is 31.7 Å². The number of benzene rings is 1. The van der Waals surface area contributed by atoms with Crippen LogP contribution in [0.15, 0.2) is 29.2 Å².